The Labute approximate surface area is 300 Å². The quantitative estimate of drug-likeness (QED) is 0.186. The Kier molecular flexibility index (Phi) is 6.28. The normalized spacial score (nSPS) is 11.8. The fraction of sp³-hybridized carbons (Fsp3) is 0. The molecule has 2 nitrogen and oxygen atoms in total. The Bertz CT molecular complexity index is 3220. The summed E-state index contributed by atoms with van der Waals surface area (Å²) >= 11 is 0. The van der Waals surface area contributed by atoms with E-state index in [0.717, 1.165) is 11.4 Å². The van der Waals surface area contributed by atoms with Gasteiger partial charge in [-0.2, -0.15) is 0 Å². The lowest BCUT2D eigenvalue weighted by Gasteiger charge is -2.19. The summed E-state index contributed by atoms with van der Waals surface area (Å²) in [6, 6.07) is 68.7. The highest BCUT2D eigenvalue weighted by molar-refractivity contribution is 6.39. The van der Waals surface area contributed by atoms with Crippen LogP contribution in [0.3, 0.4) is 0 Å². The van der Waals surface area contributed by atoms with Crippen molar-refractivity contribution < 1.29 is 0 Å². The van der Waals surface area contributed by atoms with Crippen molar-refractivity contribution in [1.29, 1.82) is 0 Å². The number of aromatic nitrogens is 1. The van der Waals surface area contributed by atoms with E-state index < -0.39 is 0 Å². The van der Waals surface area contributed by atoms with Crippen LogP contribution in [0, 0.1) is 0 Å². The fourth-order valence-electron chi connectivity index (χ4n) is 8.59. The summed E-state index contributed by atoms with van der Waals surface area (Å²) in [5.74, 6) is 0. The fourth-order valence-corrected chi connectivity index (χ4v) is 8.59. The van der Waals surface area contributed by atoms with E-state index in [4.69, 9.17) is 0 Å². The molecule has 0 unspecified atom stereocenters. The lowest BCUT2D eigenvalue weighted by Crippen LogP contribution is -1.97. The number of fused-ring (bicyclic) bond motifs is 12. The van der Waals surface area contributed by atoms with E-state index in [1.165, 1.54) is 92.5 Å². The molecule has 242 valence electrons. The predicted molar refractivity (Wildman–Crippen MR) is 223 cm³/mol. The summed E-state index contributed by atoms with van der Waals surface area (Å²) < 4.78 is 2.50. The van der Waals surface area contributed by atoms with Crippen molar-refractivity contribution in [3.63, 3.8) is 0 Å². The first kappa shape index (κ1) is 28.9. The van der Waals surface area contributed by atoms with Crippen LogP contribution in [0.2, 0.25) is 0 Å². The van der Waals surface area contributed by atoms with Crippen LogP contribution >= 0.6 is 0 Å². The second-order valence-electron chi connectivity index (χ2n) is 13.8. The van der Waals surface area contributed by atoms with Gasteiger partial charge in [-0.3, -0.25) is 0 Å². The molecule has 0 saturated heterocycles. The van der Waals surface area contributed by atoms with Crippen LogP contribution in [0.5, 0.6) is 0 Å². The minimum atomic E-state index is 1.07. The largest absolute Gasteiger partial charge is 0.355 e. The lowest BCUT2D eigenvalue weighted by molar-refractivity contribution is 1.19. The molecule has 0 aliphatic carbocycles. The molecule has 2 heteroatoms. The van der Waals surface area contributed by atoms with Crippen LogP contribution in [0.4, 0.5) is 11.4 Å². The number of hydrogen-bond donors (Lipinski definition) is 1. The van der Waals surface area contributed by atoms with Gasteiger partial charge in [0.05, 0.1) is 11.0 Å². The maximum absolute atomic E-state index is 3.83. The number of anilines is 2. The van der Waals surface area contributed by atoms with Crippen molar-refractivity contribution in [2.75, 3.05) is 5.32 Å². The first-order chi connectivity index (χ1) is 25.8. The zero-order valence-corrected chi connectivity index (χ0v) is 28.3. The number of benzene rings is 10. The van der Waals surface area contributed by atoms with Gasteiger partial charge in [0.25, 0.3) is 0 Å². The zero-order valence-electron chi connectivity index (χ0n) is 28.3. The SMILES string of the molecule is c1ccc(-c2cc3ccccc3c3c2c2ccccc2c2c3c3ccccc3n2-c2ccc3ccccc3c2)c(Nc2ccc3ccccc3c2)c1. The van der Waals surface area contributed by atoms with E-state index >= 15 is 0 Å². The van der Waals surface area contributed by atoms with Crippen molar-refractivity contribution >= 4 is 87.0 Å². The third-order valence-electron chi connectivity index (χ3n) is 10.9. The molecular formula is C50H32N2. The van der Waals surface area contributed by atoms with Gasteiger partial charge in [-0.1, -0.05) is 146 Å². The third-order valence-corrected chi connectivity index (χ3v) is 10.9. The average Bonchev–Trinajstić information content (AvgIpc) is 3.56. The molecule has 10 aromatic carbocycles. The molecule has 11 rings (SSSR count). The van der Waals surface area contributed by atoms with Crippen LogP contribution < -0.4 is 5.32 Å². The second-order valence-corrected chi connectivity index (χ2v) is 13.8. The third kappa shape index (κ3) is 4.31. The molecule has 0 atom stereocenters. The average molecular weight is 661 g/mol. The van der Waals surface area contributed by atoms with E-state index in [0.29, 0.717) is 0 Å². The first-order valence-corrected chi connectivity index (χ1v) is 17.9. The summed E-state index contributed by atoms with van der Waals surface area (Å²) in [7, 11) is 0. The minimum absolute atomic E-state index is 1.07. The maximum Gasteiger partial charge on any atom is 0.0626 e. The molecule has 0 amide bonds. The van der Waals surface area contributed by atoms with Crippen molar-refractivity contribution in [3.8, 4) is 16.8 Å². The highest BCUT2D eigenvalue weighted by atomic mass is 15.0. The molecule has 0 aliphatic heterocycles. The van der Waals surface area contributed by atoms with E-state index in [9.17, 15) is 0 Å². The highest BCUT2D eigenvalue weighted by Gasteiger charge is 2.23. The lowest BCUT2D eigenvalue weighted by atomic mass is 9.87. The summed E-state index contributed by atoms with van der Waals surface area (Å²) in [5, 5.41) is 18.8. The number of nitrogens with one attached hydrogen (secondary N) is 1. The summed E-state index contributed by atoms with van der Waals surface area (Å²) in [6.45, 7) is 0. The van der Waals surface area contributed by atoms with E-state index in [-0.39, 0.29) is 0 Å². The number of hydrogen-bond acceptors (Lipinski definition) is 1. The summed E-state index contributed by atoms with van der Waals surface area (Å²) in [6.07, 6.45) is 0. The molecule has 0 spiro atoms. The van der Waals surface area contributed by atoms with Gasteiger partial charge in [-0.25, -0.2) is 0 Å². The Morgan fingerprint density at radius 2 is 0.942 bits per heavy atom. The molecular weight excluding hydrogens is 629 g/mol. The highest BCUT2D eigenvalue weighted by Crippen LogP contribution is 2.49. The van der Waals surface area contributed by atoms with Gasteiger partial charge in [0.15, 0.2) is 0 Å². The van der Waals surface area contributed by atoms with Gasteiger partial charge in [-0.15, -0.1) is 0 Å². The van der Waals surface area contributed by atoms with Gasteiger partial charge in [0.1, 0.15) is 0 Å². The molecule has 0 radical (unpaired) electrons. The summed E-state index contributed by atoms with van der Waals surface area (Å²) in [5.41, 5.74) is 8.16. The van der Waals surface area contributed by atoms with E-state index in [1.54, 1.807) is 0 Å². The smallest absolute Gasteiger partial charge is 0.0626 e. The van der Waals surface area contributed by atoms with Crippen molar-refractivity contribution in [1.82, 2.24) is 4.57 Å². The standard InChI is InChI=1S/C50H32N2/c1-3-15-34-29-37(27-25-32(34)13-1)51-45-23-11-9-19-40(45)44-31-36-17-5-6-18-39(36)48-47(44)41-20-7-8-21-42(41)50-49(48)43-22-10-12-24-46(43)52(50)38-28-26-33-14-2-4-16-35(33)30-38/h1-31,51H. The molecule has 1 heterocycles. The molecule has 1 aromatic heterocycles. The van der Waals surface area contributed by atoms with Gasteiger partial charge in [0.2, 0.25) is 0 Å². The number of para-hydroxylation sites is 2. The Morgan fingerprint density at radius 3 is 1.75 bits per heavy atom. The molecule has 0 aliphatic rings. The minimum Gasteiger partial charge on any atom is -0.355 e. The number of rotatable bonds is 4. The Morgan fingerprint density at radius 1 is 0.346 bits per heavy atom. The van der Waals surface area contributed by atoms with E-state index in [1.807, 2.05) is 0 Å². The van der Waals surface area contributed by atoms with Gasteiger partial charge in [0, 0.05) is 44.2 Å². The van der Waals surface area contributed by atoms with Crippen molar-refractivity contribution in [3.05, 3.63) is 188 Å². The monoisotopic (exact) mass is 660 g/mol. The maximum atomic E-state index is 3.83. The molecule has 11 aromatic rings. The zero-order chi connectivity index (χ0) is 34.2. The van der Waals surface area contributed by atoms with Gasteiger partial charge in [-0.05, 0) is 91.1 Å². The van der Waals surface area contributed by atoms with Crippen LogP contribution in [-0.2, 0) is 0 Å². The van der Waals surface area contributed by atoms with Crippen molar-refractivity contribution in [2.45, 2.75) is 0 Å². The molecule has 0 fully saturated rings. The number of nitrogens with zero attached hydrogens (tertiary/aromatic N) is 1. The molecule has 0 saturated carbocycles. The topological polar surface area (TPSA) is 17.0 Å². The van der Waals surface area contributed by atoms with Gasteiger partial charge < -0.3 is 9.88 Å². The van der Waals surface area contributed by atoms with E-state index in [2.05, 4.69) is 198 Å². The molecule has 0 bridgehead atoms. The second kappa shape index (κ2) is 11.3. The van der Waals surface area contributed by atoms with Crippen LogP contribution in [0.15, 0.2) is 188 Å². The molecule has 52 heavy (non-hydrogen) atoms. The predicted octanol–water partition coefficient (Wildman–Crippen LogP) is 14.0. The molecule has 1 N–H and O–H groups in total. The van der Waals surface area contributed by atoms with Crippen molar-refractivity contribution in [2.24, 2.45) is 0 Å². The summed E-state index contributed by atoms with van der Waals surface area (Å²) in [4.78, 5) is 0. The Balaban J connectivity index is 1.28. The van der Waals surface area contributed by atoms with Crippen LogP contribution in [0.1, 0.15) is 0 Å². The van der Waals surface area contributed by atoms with Crippen LogP contribution in [-0.4, -0.2) is 4.57 Å². The van der Waals surface area contributed by atoms with Crippen LogP contribution in [0.25, 0.3) is 92.5 Å². The Hall–Kier alpha value is -6.90. The van der Waals surface area contributed by atoms with Gasteiger partial charge >= 0.3 is 0 Å². The first-order valence-electron chi connectivity index (χ1n) is 17.9.